The van der Waals surface area contributed by atoms with E-state index in [1.807, 2.05) is 12.4 Å². The Labute approximate surface area is 136 Å². The number of aromatic nitrogens is 2. The van der Waals surface area contributed by atoms with E-state index in [-0.39, 0.29) is 0 Å². The van der Waals surface area contributed by atoms with Gasteiger partial charge in [-0.05, 0) is 35.9 Å². The molecule has 1 aliphatic rings. The Bertz CT molecular complexity index is 782. The molecule has 1 fully saturated rings. The second-order valence-electron chi connectivity index (χ2n) is 6.37. The molecule has 0 amide bonds. The van der Waals surface area contributed by atoms with E-state index in [9.17, 15) is 0 Å². The molecule has 0 atom stereocenters. The Morgan fingerprint density at radius 3 is 2.57 bits per heavy atom. The van der Waals surface area contributed by atoms with E-state index in [0.717, 1.165) is 25.3 Å². The minimum Gasteiger partial charge on any atom is -0.346 e. The number of benzene rings is 1. The van der Waals surface area contributed by atoms with Gasteiger partial charge in [-0.2, -0.15) is 0 Å². The van der Waals surface area contributed by atoms with Gasteiger partial charge in [0.1, 0.15) is 5.65 Å². The summed E-state index contributed by atoms with van der Waals surface area (Å²) in [5.41, 5.74) is 4.82. The summed E-state index contributed by atoms with van der Waals surface area (Å²) in [6.45, 7) is 5.70. The zero-order valence-electron chi connectivity index (χ0n) is 13.5. The van der Waals surface area contributed by atoms with Gasteiger partial charge in [0.15, 0.2) is 0 Å². The van der Waals surface area contributed by atoms with Crippen LogP contribution in [0.2, 0.25) is 0 Å². The Hall–Kier alpha value is -2.17. The van der Waals surface area contributed by atoms with Crippen LogP contribution in [0.1, 0.15) is 5.56 Å². The maximum atomic E-state index is 4.36. The van der Waals surface area contributed by atoms with Gasteiger partial charge in [0, 0.05) is 50.5 Å². The third-order valence-electron chi connectivity index (χ3n) is 4.73. The van der Waals surface area contributed by atoms with Crippen LogP contribution in [0, 0.1) is 0 Å². The number of nitrogens with one attached hydrogen (secondary N) is 1. The van der Waals surface area contributed by atoms with Gasteiger partial charge in [-0.3, -0.25) is 4.90 Å². The highest BCUT2D eigenvalue weighted by Gasteiger charge is 2.14. The van der Waals surface area contributed by atoms with Gasteiger partial charge >= 0.3 is 0 Å². The molecule has 0 radical (unpaired) electrons. The van der Waals surface area contributed by atoms with Crippen LogP contribution in [0.25, 0.3) is 22.2 Å². The summed E-state index contributed by atoms with van der Waals surface area (Å²) in [7, 11) is 2.20. The summed E-state index contributed by atoms with van der Waals surface area (Å²) in [5, 5.41) is 1.18. The second-order valence-corrected chi connectivity index (χ2v) is 6.37. The zero-order valence-corrected chi connectivity index (χ0v) is 13.5. The standard InChI is InChI=1S/C19H22N4/c1-22-10-12-23(13-11-22)14-15-2-4-16(5-3-15)17-6-8-20-19-18(17)7-9-21-19/h2-9H,10-14H2,1H3,(H,20,21). The van der Waals surface area contributed by atoms with Crippen LogP contribution in [0.5, 0.6) is 0 Å². The number of hydrogen-bond donors (Lipinski definition) is 1. The first-order chi connectivity index (χ1) is 11.3. The van der Waals surface area contributed by atoms with Crippen molar-refractivity contribution in [3.05, 3.63) is 54.4 Å². The Morgan fingerprint density at radius 1 is 1.00 bits per heavy atom. The third-order valence-corrected chi connectivity index (χ3v) is 4.73. The van der Waals surface area contributed by atoms with Crippen molar-refractivity contribution in [3.8, 4) is 11.1 Å². The fourth-order valence-corrected chi connectivity index (χ4v) is 3.27. The molecular formula is C19H22N4. The van der Waals surface area contributed by atoms with Gasteiger partial charge < -0.3 is 9.88 Å². The Morgan fingerprint density at radius 2 is 1.78 bits per heavy atom. The first kappa shape index (κ1) is 14.4. The highest BCUT2D eigenvalue weighted by atomic mass is 15.2. The molecule has 3 aromatic rings. The maximum Gasteiger partial charge on any atom is 0.137 e. The van der Waals surface area contributed by atoms with Crippen molar-refractivity contribution in [3.63, 3.8) is 0 Å². The minimum absolute atomic E-state index is 0.948. The monoisotopic (exact) mass is 306 g/mol. The van der Waals surface area contributed by atoms with E-state index >= 15 is 0 Å². The van der Waals surface area contributed by atoms with Crippen LogP contribution < -0.4 is 0 Å². The summed E-state index contributed by atoms with van der Waals surface area (Å²) >= 11 is 0. The number of rotatable bonds is 3. The number of H-pyrrole nitrogens is 1. The van der Waals surface area contributed by atoms with Crippen LogP contribution in [0.3, 0.4) is 0 Å². The summed E-state index contributed by atoms with van der Waals surface area (Å²) in [6.07, 6.45) is 3.81. The highest BCUT2D eigenvalue weighted by molar-refractivity contribution is 5.92. The van der Waals surface area contributed by atoms with Crippen LogP contribution in [0.15, 0.2) is 48.8 Å². The summed E-state index contributed by atoms with van der Waals surface area (Å²) < 4.78 is 0. The minimum atomic E-state index is 0.948. The summed E-state index contributed by atoms with van der Waals surface area (Å²) in [4.78, 5) is 12.5. The number of likely N-dealkylation sites (N-methyl/N-ethyl adjacent to an activating group) is 1. The molecule has 4 nitrogen and oxygen atoms in total. The van der Waals surface area contributed by atoms with E-state index in [2.05, 4.69) is 63.2 Å². The molecule has 118 valence electrons. The van der Waals surface area contributed by atoms with Crippen molar-refractivity contribution in [1.29, 1.82) is 0 Å². The number of fused-ring (bicyclic) bond motifs is 1. The predicted molar refractivity (Wildman–Crippen MR) is 94.3 cm³/mol. The van der Waals surface area contributed by atoms with Crippen molar-refractivity contribution in [2.45, 2.75) is 6.54 Å². The molecule has 0 bridgehead atoms. The molecule has 0 aliphatic carbocycles. The van der Waals surface area contributed by atoms with Crippen molar-refractivity contribution >= 4 is 11.0 Å². The first-order valence-electron chi connectivity index (χ1n) is 8.22. The molecule has 1 N–H and O–H groups in total. The fourth-order valence-electron chi connectivity index (χ4n) is 3.27. The quantitative estimate of drug-likeness (QED) is 0.808. The molecular weight excluding hydrogens is 284 g/mol. The van der Waals surface area contributed by atoms with E-state index in [0.29, 0.717) is 0 Å². The van der Waals surface area contributed by atoms with Crippen LogP contribution in [-0.4, -0.2) is 53.0 Å². The highest BCUT2D eigenvalue weighted by Crippen LogP contribution is 2.27. The van der Waals surface area contributed by atoms with Gasteiger partial charge in [-0.15, -0.1) is 0 Å². The lowest BCUT2D eigenvalue weighted by Gasteiger charge is -2.32. The van der Waals surface area contributed by atoms with Gasteiger partial charge in [0.2, 0.25) is 0 Å². The van der Waals surface area contributed by atoms with Crippen molar-refractivity contribution < 1.29 is 0 Å². The molecule has 1 aromatic carbocycles. The average molecular weight is 306 g/mol. The van der Waals surface area contributed by atoms with Crippen molar-refractivity contribution in [1.82, 2.24) is 19.8 Å². The van der Waals surface area contributed by atoms with Crippen molar-refractivity contribution in [2.75, 3.05) is 33.2 Å². The average Bonchev–Trinajstić information content (AvgIpc) is 3.06. The summed E-state index contributed by atoms with van der Waals surface area (Å²) in [5.74, 6) is 0. The molecule has 4 heteroatoms. The molecule has 1 aliphatic heterocycles. The lowest BCUT2D eigenvalue weighted by Crippen LogP contribution is -2.43. The molecule has 0 saturated carbocycles. The lowest BCUT2D eigenvalue weighted by atomic mass is 10.0. The van der Waals surface area contributed by atoms with E-state index in [4.69, 9.17) is 0 Å². The largest absolute Gasteiger partial charge is 0.346 e. The van der Waals surface area contributed by atoms with Gasteiger partial charge in [-0.25, -0.2) is 4.98 Å². The van der Waals surface area contributed by atoms with E-state index in [1.54, 1.807) is 0 Å². The lowest BCUT2D eigenvalue weighted by molar-refractivity contribution is 0.148. The van der Waals surface area contributed by atoms with E-state index in [1.165, 1.54) is 35.2 Å². The molecule has 1 saturated heterocycles. The molecule has 3 heterocycles. The number of piperazine rings is 1. The van der Waals surface area contributed by atoms with Gasteiger partial charge in [-0.1, -0.05) is 24.3 Å². The van der Waals surface area contributed by atoms with Crippen LogP contribution >= 0.6 is 0 Å². The molecule has 23 heavy (non-hydrogen) atoms. The topological polar surface area (TPSA) is 35.2 Å². The second kappa shape index (κ2) is 6.14. The smallest absolute Gasteiger partial charge is 0.137 e. The maximum absolute atomic E-state index is 4.36. The predicted octanol–water partition coefficient (Wildman–Crippen LogP) is 2.98. The van der Waals surface area contributed by atoms with Crippen LogP contribution in [0.4, 0.5) is 0 Å². The van der Waals surface area contributed by atoms with Crippen molar-refractivity contribution in [2.24, 2.45) is 0 Å². The normalized spacial score (nSPS) is 16.9. The summed E-state index contributed by atoms with van der Waals surface area (Å²) in [6, 6.07) is 13.2. The number of aromatic amines is 1. The molecule has 2 aromatic heterocycles. The van der Waals surface area contributed by atoms with Gasteiger partial charge in [0.05, 0.1) is 0 Å². The third kappa shape index (κ3) is 3.00. The van der Waals surface area contributed by atoms with Gasteiger partial charge in [0.25, 0.3) is 0 Å². The molecule has 0 unspecified atom stereocenters. The first-order valence-corrected chi connectivity index (χ1v) is 8.22. The fraction of sp³-hybridized carbons (Fsp3) is 0.316. The number of nitrogens with zero attached hydrogens (tertiary/aromatic N) is 3. The van der Waals surface area contributed by atoms with E-state index < -0.39 is 0 Å². The Balaban J connectivity index is 1.53. The zero-order chi connectivity index (χ0) is 15.6. The SMILES string of the molecule is CN1CCN(Cc2ccc(-c3ccnc4[nH]ccc34)cc2)CC1. The molecule has 4 rings (SSSR count). The van der Waals surface area contributed by atoms with Crippen LogP contribution in [-0.2, 0) is 6.54 Å². The molecule has 0 spiro atoms. The number of pyridine rings is 1. The Kier molecular flexibility index (Phi) is 3.85. The number of hydrogen-bond acceptors (Lipinski definition) is 3.